The summed E-state index contributed by atoms with van der Waals surface area (Å²) in [6.07, 6.45) is 1.87. The number of benzene rings is 1. The van der Waals surface area contributed by atoms with Gasteiger partial charge in [0.05, 0.1) is 18.8 Å². The van der Waals surface area contributed by atoms with E-state index in [2.05, 4.69) is 15.6 Å². The van der Waals surface area contributed by atoms with Crippen molar-refractivity contribution in [3.05, 3.63) is 30.1 Å². The normalized spacial score (nSPS) is 11.6. The van der Waals surface area contributed by atoms with Gasteiger partial charge in [0.25, 0.3) is 0 Å². The van der Waals surface area contributed by atoms with Crippen molar-refractivity contribution >= 4 is 29.9 Å². The van der Waals surface area contributed by atoms with Crippen molar-refractivity contribution < 1.29 is 13.9 Å². The number of guanidine groups is 1. The van der Waals surface area contributed by atoms with E-state index >= 15 is 0 Å². The number of methoxy groups -OCH3 is 1. The van der Waals surface area contributed by atoms with Crippen LogP contribution in [0.5, 0.6) is 5.75 Å². The summed E-state index contributed by atoms with van der Waals surface area (Å²) < 4.78 is 23.7. The number of ether oxygens (including phenoxy) is 2. The lowest BCUT2D eigenvalue weighted by molar-refractivity contribution is 0.0310. The largest absolute Gasteiger partial charge is 0.494 e. The van der Waals surface area contributed by atoms with Gasteiger partial charge in [-0.05, 0) is 57.9 Å². The van der Waals surface area contributed by atoms with Gasteiger partial charge in [-0.3, -0.25) is 4.99 Å². The number of unbranched alkanes of at least 4 members (excludes halogenated alkanes) is 1. The van der Waals surface area contributed by atoms with E-state index in [9.17, 15) is 4.39 Å². The molecule has 0 unspecified atom stereocenters. The molecule has 0 radical (unpaired) electrons. The number of halogens is 2. The van der Waals surface area contributed by atoms with Gasteiger partial charge in [-0.25, -0.2) is 4.39 Å². The second-order valence-corrected chi connectivity index (χ2v) is 6.10. The van der Waals surface area contributed by atoms with Gasteiger partial charge in [0.2, 0.25) is 0 Å². The number of nitrogens with one attached hydrogen (secondary N) is 2. The zero-order valence-electron chi connectivity index (χ0n) is 15.6. The van der Waals surface area contributed by atoms with Crippen molar-refractivity contribution in [3.8, 4) is 5.75 Å². The van der Waals surface area contributed by atoms with Crippen LogP contribution in [0.2, 0.25) is 0 Å². The van der Waals surface area contributed by atoms with Crippen LogP contribution in [-0.2, 0) is 4.74 Å². The predicted octanol–water partition coefficient (Wildman–Crippen LogP) is 3.58. The van der Waals surface area contributed by atoms with Gasteiger partial charge in [0, 0.05) is 20.2 Å². The first-order valence-corrected chi connectivity index (χ1v) is 8.42. The lowest BCUT2D eigenvalue weighted by Gasteiger charge is -2.21. The van der Waals surface area contributed by atoms with E-state index in [0.29, 0.717) is 18.9 Å². The van der Waals surface area contributed by atoms with Crippen LogP contribution in [0, 0.1) is 5.82 Å². The zero-order valence-corrected chi connectivity index (χ0v) is 17.9. The highest BCUT2D eigenvalue weighted by Gasteiger charge is 2.15. The highest BCUT2D eigenvalue weighted by molar-refractivity contribution is 14.0. The van der Waals surface area contributed by atoms with Gasteiger partial charge in [-0.15, -0.1) is 24.0 Å². The molecule has 0 atom stereocenters. The van der Waals surface area contributed by atoms with E-state index in [1.807, 2.05) is 20.8 Å². The summed E-state index contributed by atoms with van der Waals surface area (Å²) in [5, 5.41) is 6.52. The van der Waals surface area contributed by atoms with Gasteiger partial charge in [-0.1, -0.05) is 0 Å². The molecule has 1 aromatic rings. The molecule has 2 N–H and O–H groups in total. The Kier molecular flexibility index (Phi) is 12.6. The summed E-state index contributed by atoms with van der Waals surface area (Å²) in [4.78, 5) is 4.53. The van der Waals surface area contributed by atoms with E-state index in [1.54, 1.807) is 19.2 Å². The number of nitrogens with zero attached hydrogens (tertiary/aromatic N) is 1. The van der Waals surface area contributed by atoms with E-state index in [0.717, 1.165) is 31.9 Å². The van der Waals surface area contributed by atoms with Crippen LogP contribution in [0.3, 0.4) is 0 Å². The zero-order chi connectivity index (χ0) is 17.8. The van der Waals surface area contributed by atoms with Crippen molar-refractivity contribution in [2.75, 3.05) is 33.4 Å². The monoisotopic (exact) mass is 467 g/mol. The molecule has 25 heavy (non-hydrogen) atoms. The Morgan fingerprint density at radius 1 is 1.16 bits per heavy atom. The average molecular weight is 467 g/mol. The lowest BCUT2D eigenvalue weighted by Crippen LogP contribution is -2.39. The maximum Gasteiger partial charge on any atom is 0.191 e. The molecule has 0 amide bonds. The maximum absolute atomic E-state index is 12.8. The highest BCUT2D eigenvalue weighted by Crippen LogP contribution is 2.11. The van der Waals surface area contributed by atoms with Crippen molar-refractivity contribution in [2.45, 2.75) is 39.2 Å². The van der Waals surface area contributed by atoms with Crippen molar-refractivity contribution in [2.24, 2.45) is 4.99 Å². The minimum atomic E-state index is -0.272. The number of rotatable bonds is 10. The van der Waals surface area contributed by atoms with Crippen LogP contribution >= 0.6 is 24.0 Å². The molecule has 1 rings (SSSR count). The number of hydrogen-bond donors (Lipinski definition) is 2. The minimum absolute atomic E-state index is 0. The Bertz CT molecular complexity index is 496. The molecular formula is C18H31FIN3O2. The molecule has 1 aromatic carbocycles. The predicted molar refractivity (Wildman–Crippen MR) is 112 cm³/mol. The van der Waals surface area contributed by atoms with Gasteiger partial charge >= 0.3 is 0 Å². The fraction of sp³-hybridized carbons (Fsp3) is 0.611. The first kappa shape index (κ1) is 23.9. The van der Waals surface area contributed by atoms with Crippen molar-refractivity contribution in [1.82, 2.24) is 10.6 Å². The lowest BCUT2D eigenvalue weighted by atomic mass is 10.1. The standard InChI is InChI=1S/C18H30FN3O2.HI/c1-5-20-17(22-14-18(2,3)23-4)21-12-6-7-13-24-16-10-8-15(19)9-11-16;/h8-11H,5-7,12-14H2,1-4H3,(H2,20,21,22);1H. The van der Waals surface area contributed by atoms with E-state index in [4.69, 9.17) is 9.47 Å². The smallest absolute Gasteiger partial charge is 0.191 e. The minimum Gasteiger partial charge on any atom is -0.494 e. The second-order valence-electron chi connectivity index (χ2n) is 6.10. The van der Waals surface area contributed by atoms with E-state index in [1.165, 1.54) is 12.1 Å². The molecule has 0 spiro atoms. The molecule has 144 valence electrons. The van der Waals surface area contributed by atoms with Crippen LogP contribution in [0.25, 0.3) is 0 Å². The Hall–Kier alpha value is -1.09. The summed E-state index contributed by atoms with van der Waals surface area (Å²) >= 11 is 0. The maximum atomic E-state index is 12.8. The fourth-order valence-electron chi connectivity index (χ4n) is 1.83. The van der Waals surface area contributed by atoms with Crippen LogP contribution in [0.15, 0.2) is 29.3 Å². The van der Waals surface area contributed by atoms with Gasteiger partial charge in [0.1, 0.15) is 11.6 Å². The highest BCUT2D eigenvalue weighted by atomic mass is 127. The molecule has 5 nitrogen and oxygen atoms in total. The van der Waals surface area contributed by atoms with Crippen LogP contribution < -0.4 is 15.4 Å². The number of aliphatic imine (C=N–C) groups is 1. The van der Waals surface area contributed by atoms with Crippen LogP contribution in [-0.4, -0.2) is 44.9 Å². The molecule has 0 saturated carbocycles. The molecule has 0 fully saturated rings. The SMILES string of the molecule is CCNC(=NCC(C)(C)OC)NCCCCOc1ccc(F)cc1.I. The third-order valence-electron chi connectivity index (χ3n) is 3.46. The molecule has 0 aliphatic carbocycles. The molecule has 0 bridgehead atoms. The summed E-state index contributed by atoms with van der Waals surface area (Å²) in [6, 6.07) is 6.08. The van der Waals surface area contributed by atoms with Crippen LogP contribution in [0.1, 0.15) is 33.6 Å². The average Bonchev–Trinajstić information content (AvgIpc) is 2.57. The first-order valence-electron chi connectivity index (χ1n) is 8.42. The third kappa shape index (κ3) is 11.2. The van der Waals surface area contributed by atoms with Gasteiger partial charge < -0.3 is 20.1 Å². The molecule has 0 aliphatic heterocycles. The molecule has 0 aromatic heterocycles. The van der Waals surface area contributed by atoms with Crippen molar-refractivity contribution in [3.63, 3.8) is 0 Å². The Labute approximate surface area is 167 Å². The van der Waals surface area contributed by atoms with E-state index < -0.39 is 0 Å². The molecule has 0 saturated heterocycles. The fourth-order valence-corrected chi connectivity index (χ4v) is 1.83. The van der Waals surface area contributed by atoms with Crippen LogP contribution in [0.4, 0.5) is 4.39 Å². The molecule has 0 heterocycles. The van der Waals surface area contributed by atoms with E-state index in [-0.39, 0.29) is 35.4 Å². The Morgan fingerprint density at radius 3 is 2.44 bits per heavy atom. The summed E-state index contributed by atoms with van der Waals surface area (Å²) in [6.45, 7) is 8.87. The summed E-state index contributed by atoms with van der Waals surface area (Å²) in [5.41, 5.74) is -0.272. The second kappa shape index (κ2) is 13.2. The van der Waals surface area contributed by atoms with Gasteiger partial charge in [0.15, 0.2) is 5.96 Å². The summed E-state index contributed by atoms with van der Waals surface area (Å²) in [5.74, 6) is 1.24. The third-order valence-corrected chi connectivity index (χ3v) is 3.46. The topological polar surface area (TPSA) is 54.9 Å². The molecule has 0 aliphatic rings. The Balaban J connectivity index is 0.00000576. The first-order chi connectivity index (χ1) is 11.5. The van der Waals surface area contributed by atoms with Gasteiger partial charge in [-0.2, -0.15) is 0 Å². The molecular weight excluding hydrogens is 436 g/mol. The molecule has 7 heteroatoms. The quantitative estimate of drug-likeness (QED) is 0.239. The Morgan fingerprint density at radius 2 is 1.84 bits per heavy atom. The number of hydrogen-bond acceptors (Lipinski definition) is 3. The van der Waals surface area contributed by atoms with Crippen molar-refractivity contribution in [1.29, 1.82) is 0 Å². The summed E-state index contributed by atoms with van der Waals surface area (Å²) in [7, 11) is 1.69.